The van der Waals surface area contributed by atoms with Crippen molar-refractivity contribution in [1.82, 2.24) is 15.3 Å². The van der Waals surface area contributed by atoms with Crippen molar-refractivity contribution in [3.8, 4) is 5.75 Å². The van der Waals surface area contributed by atoms with E-state index in [1.165, 1.54) is 6.33 Å². The summed E-state index contributed by atoms with van der Waals surface area (Å²) in [4.78, 5) is 20.2. The highest BCUT2D eigenvalue weighted by Crippen LogP contribution is 2.34. The first-order valence-corrected chi connectivity index (χ1v) is 7.16. The molecule has 1 aromatic carbocycles. The number of benzene rings is 1. The summed E-state index contributed by atoms with van der Waals surface area (Å²) in [6, 6.07) is 5.66. The number of carbonyl (C=O) groups is 1. The van der Waals surface area contributed by atoms with Crippen molar-refractivity contribution in [2.45, 2.75) is 13.0 Å². The molecule has 112 valence electrons. The molecule has 0 spiro atoms. The summed E-state index contributed by atoms with van der Waals surface area (Å²) in [6.07, 6.45) is 1.49. The van der Waals surface area contributed by atoms with Gasteiger partial charge < -0.3 is 20.7 Å². The van der Waals surface area contributed by atoms with Crippen LogP contribution in [0.3, 0.4) is 0 Å². The van der Waals surface area contributed by atoms with E-state index >= 15 is 0 Å². The minimum absolute atomic E-state index is 0.0153. The summed E-state index contributed by atoms with van der Waals surface area (Å²) < 4.78 is 5.64. The fourth-order valence-corrected chi connectivity index (χ4v) is 2.74. The molecule has 1 atom stereocenters. The van der Waals surface area contributed by atoms with Crippen LogP contribution in [0.25, 0.3) is 0 Å². The van der Waals surface area contributed by atoms with Crippen molar-refractivity contribution in [2.24, 2.45) is 0 Å². The molecule has 2 aromatic rings. The summed E-state index contributed by atoms with van der Waals surface area (Å²) in [5.74, 6) is 1.90. The zero-order chi connectivity index (χ0) is 15.1. The first-order valence-electron chi connectivity index (χ1n) is 7.16. The Morgan fingerprint density at radius 1 is 1.36 bits per heavy atom. The predicted molar refractivity (Wildman–Crippen MR) is 81.6 cm³/mol. The van der Waals surface area contributed by atoms with Crippen molar-refractivity contribution in [3.63, 3.8) is 0 Å². The second-order valence-corrected chi connectivity index (χ2v) is 5.30. The second-order valence-electron chi connectivity index (χ2n) is 5.30. The van der Waals surface area contributed by atoms with E-state index in [1.54, 1.807) is 0 Å². The van der Waals surface area contributed by atoms with E-state index in [0.717, 1.165) is 23.4 Å². The second kappa shape index (κ2) is 4.87. The Bertz CT molecular complexity index is 762. The molecular weight excluding hydrogens is 282 g/mol. The quantitative estimate of drug-likeness (QED) is 0.784. The Morgan fingerprint density at radius 3 is 3.18 bits per heavy atom. The number of amides is 1. The summed E-state index contributed by atoms with van der Waals surface area (Å²) in [6.45, 7) is 3.27. The molecule has 0 fully saturated rings. The molecule has 0 saturated heterocycles. The average molecular weight is 297 g/mol. The molecule has 7 heteroatoms. The number of anilines is 3. The molecular formula is C15H15N5O2. The van der Waals surface area contributed by atoms with Gasteiger partial charge >= 0.3 is 0 Å². The van der Waals surface area contributed by atoms with Crippen LogP contribution in [0, 0.1) is 0 Å². The lowest BCUT2D eigenvalue weighted by atomic mass is 10.0. The van der Waals surface area contributed by atoms with Gasteiger partial charge in [0, 0.05) is 11.3 Å². The highest BCUT2D eigenvalue weighted by atomic mass is 16.5. The topological polar surface area (TPSA) is 88.2 Å². The number of aromatic nitrogens is 2. The van der Waals surface area contributed by atoms with Gasteiger partial charge in [0.25, 0.3) is 5.91 Å². The maximum atomic E-state index is 11.8. The third-order valence-electron chi connectivity index (χ3n) is 3.82. The van der Waals surface area contributed by atoms with Crippen LogP contribution >= 0.6 is 0 Å². The van der Waals surface area contributed by atoms with E-state index in [1.807, 2.05) is 25.1 Å². The zero-order valence-electron chi connectivity index (χ0n) is 12.0. The first kappa shape index (κ1) is 12.9. The van der Waals surface area contributed by atoms with Gasteiger partial charge in [-0.15, -0.1) is 0 Å². The van der Waals surface area contributed by atoms with Crippen molar-refractivity contribution < 1.29 is 9.53 Å². The monoisotopic (exact) mass is 297 g/mol. The third-order valence-corrected chi connectivity index (χ3v) is 3.82. The molecule has 3 N–H and O–H groups in total. The van der Waals surface area contributed by atoms with Crippen LogP contribution in [0.2, 0.25) is 0 Å². The van der Waals surface area contributed by atoms with Crippen molar-refractivity contribution >= 4 is 23.2 Å². The maximum Gasteiger partial charge on any atom is 0.252 e. The number of rotatable bonds is 2. The smallest absolute Gasteiger partial charge is 0.252 e. The van der Waals surface area contributed by atoms with Crippen LogP contribution in [0.4, 0.5) is 17.3 Å². The van der Waals surface area contributed by atoms with Gasteiger partial charge in [-0.1, -0.05) is 0 Å². The molecule has 1 aromatic heterocycles. The Morgan fingerprint density at radius 2 is 2.27 bits per heavy atom. The Labute approximate surface area is 127 Å². The number of fused-ring (bicyclic) bond motifs is 2. The lowest BCUT2D eigenvalue weighted by Crippen LogP contribution is -2.20. The standard InChI is InChI=1S/C15H15N5O2/c1-8-11-6-9(2-3-10(11)15(21)19-8)20-14-12-13(17-7-18-14)16-4-5-22-12/h2-3,6-8H,4-5H2,1H3,(H,19,21)(H2,16,17,18,20). The van der Waals surface area contributed by atoms with Gasteiger partial charge in [-0.3, -0.25) is 4.79 Å². The number of hydrogen-bond donors (Lipinski definition) is 3. The lowest BCUT2D eigenvalue weighted by Gasteiger charge is -2.20. The Kier molecular flexibility index (Phi) is 2.85. The number of hydrogen-bond acceptors (Lipinski definition) is 6. The minimum Gasteiger partial charge on any atom is -0.485 e. The van der Waals surface area contributed by atoms with Crippen LogP contribution in [0.5, 0.6) is 5.75 Å². The summed E-state index contributed by atoms with van der Waals surface area (Å²) >= 11 is 0. The summed E-state index contributed by atoms with van der Waals surface area (Å²) in [7, 11) is 0. The van der Waals surface area contributed by atoms with Gasteiger partial charge in [0.05, 0.1) is 12.6 Å². The van der Waals surface area contributed by atoms with Crippen LogP contribution in [-0.2, 0) is 0 Å². The number of nitrogens with zero attached hydrogens (tertiary/aromatic N) is 2. The van der Waals surface area contributed by atoms with E-state index in [4.69, 9.17) is 4.74 Å². The fourth-order valence-electron chi connectivity index (χ4n) is 2.74. The molecule has 2 aliphatic heterocycles. The van der Waals surface area contributed by atoms with Crippen LogP contribution in [-0.4, -0.2) is 29.0 Å². The molecule has 3 heterocycles. The molecule has 0 saturated carbocycles. The largest absolute Gasteiger partial charge is 0.485 e. The molecule has 1 amide bonds. The van der Waals surface area contributed by atoms with Crippen molar-refractivity contribution in [1.29, 1.82) is 0 Å². The molecule has 22 heavy (non-hydrogen) atoms. The van der Waals surface area contributed by atoms with E-state index in [0.29, 0.717) is 24.0 Å². The van der Waals surface area contributed by atoms with Gasteiger partial charge in [-0.2, -0.15) is 0 Å². The van der Waals surface area contributed by atoms with E-state index in [-0.39, 0.29) is 11.9 Å². The third kappa shape index (κ3) is 2.02. The number of carbonyl (C=O) groups excluding carboxylic acids is 1. The average Bonchev–Trinajstić information content (AvgIpc) is 2.82. The first-order chi connectivity index (χ1) is 10.7. The van der Waals surface area contributed by atoms with Gasteiger partial charge in [0.1, 0.15) is 12.9 Å². The van der Waals surface area contributed by atoms with Gasteiger partial charge in [-0.25, -0.2) is 9.97 Å². The highest BCUT2D eigenvalue weighted by molar-refractivity contribution is 5.99. The van der Waals surface area contributed by atoms with Crippen LogP contribution in [0.15, 0.2) is 24.5 Å². The maximum absolute atomic E-state index is 11.8. The minimum atomic E-state index is -0.0269. The molecule has 4 rings (SSSR count). The molecule has 0 bridgehead atoms. The number of ether oxygens (including phenoxy) is 1. The molecule has 7 nitrogen and oxygen atoms in total. The van der Waals surface area contributed by atoms with Gasteiger partial charge in [0.15, 0.2) is 11.6 Å². The van der Waals surface area contributed by atoms with Crippen LogP contribution in [0.1, 0.15) is 28.9 Å². The SMILES string of the molecule is CC1NC(=O)c2ccc(Nc3ncnc4c3OCCN4)cc21. The van der Waals surface area contributed by atoms with Gasteiger partial charge in [-0.05, 0) is 30.7 Å². The van der Waals surface area contributed by atoms with Crippen molar-refractivity contribution in [2.75, 3.05) is 23.8 Å². The summed E-state index contributed by atoms with van der Waals surface area (Å²) in [5, 5.41) is 9.31. The predicted octanol–water partition coefficient (Wildman–Crippen LogP) is 1.83. The number of nitrogens with one attached hydrogen (secondary N) is 3. The van der Waals surface area contributed by atoms with E-state index in [2.05, 4.69) is 25.9 Å². The Hall–Kier alpha value is -2.83. The normalized spacial score (nSPS) is 18.6. The molecule has 1 unspecified atom stereocenters. The molecule has 0 radical (unpaired) electrons. The van der Waals surface area contributed by atoms with E-state index < -0.39 is 0 Å². The lowest BCUT2D eigenvalue weighted by molar-refractivity contribution is 0.0958. The molecule has 2 aliphatic rings. The van der Waals surface area contributed by atoms with Crippen LogP contribution < -0.4 is 20.7 Å². The zero-order valence-corrected chi connectivity index (χ0v) is 12.0. The highest BCUT2D eigenvalue weighted by Gasteiger charge is 2.25. The van der Waals surface area contributed by atoms with Gasteiger partial charge in [0.2, 0.25) is 5.75 Å². The van der Waals surface area contributed by atoms with Crippen molar-refractivity contribution in [3.05, 3.63) is 35.7 Å². The Balaban J connectivity index is 1.68. The van der Waals surface area contributed by atoms with E-state index in [9.17, 15) is 4.79 Å². The molecule has 0 aliphatic carbocycles. The fraction of sp³-hybridized carbons (Fsp3) is 0.267. The summed E-state index contributed by atoms with van der Waals surface area (Å²) in [5.41, 5.74) is 2.56.